The normalized spacial score (nSPS) is 12.3. The van der Waals surface area contributed by atoms with Gasteiger partial charge in [-0.15, -0.1) is 0 Å². The van der Waals surface area contributed by atoms with Crippen LogP contribution in [0.5, 0.6) is 0 Å². The van der Waals surface area contributed by atoms with Gasteiger partial charge in [0.25, 0.3) is 0 Å². The molecular formula is C36H28Br2N4. The van der Waals surface area contributed by atoms with Gasteiger partial charge in [0.15, 0.2) is 0 Å². The van der Waals surface area contributed by atoms with E-state index in [-0.39, 0.29) is 0 Å². The second-order valence-corrected chi connectivity index (χ2v) is 12.5. The van der Waals surface area contributed by atoms with Gasteiger partial charge in [-0.3, -0.25) is 0 Å². The zero-order chi connectivity index (χ0) is 29.1. The Morgan fingerprint density at radius 3 is 1.21 bits per heavy atom. The molecule has 0 aliphatic carbocycles. The van der Waals surface area contributed by atoms with Gasteiger partial charge >= 0.3 is 0 Å². The second kappa shape index (κ2) is 10.4. The molecule has 0 radical (unpaired) electrons. The van der Waals surface area contributed by atoms with E-state index in [0.29, 0.717) is 0 Å². The SMILES string of the molecule is Cc1cccc(C)c1-c1c2nc(c(Br)c3ccc([nH]3)c(-c3c(C)cccc3C)c3ccc([nH]3)c(Br)c3nc1C=C3)C=C2. The van der Waals surface area contributed by atoms with E-state index >= 15 is 0 Å². The minimum absolute atomic E-state index is 0.865. The topological polar surface area (TPSA) is 57.4 Å². The third-order valence-corrected chi connectivity index (χ3v) is 9.75. The molecule has 2 N–H and O–H groups in total. The summed E-state index contributed by atoms with van der Waals surface area (Å²) in [7, 11) is 0. The summed E-state index contributed by atoms with van der Waals surface area (Å²) in [5.41, 5.74) is 16.8. The Morgan fingerprint density at radius 1 is 0.429 bits per heavy atom. The van der Waals surface area contributed by atoms with Crippen molar-refractivity contribution >= 4 is 78.2 Å². The van der Waals surface area contributed by atoms with Crippen molar-refractivity contribution in [3.8, 4) is 22.3 Å². The van der Waals surface area contributed by atoms with E-state index in [0.717, 1.165) is 70.5 Å². The third kappa shape index (κ3) is 4.41. The van der Waals surface area contributed by atoms with E-state index in [9.17, 15) is 0 Å². The summed E-state index contributed by atoms with van der Waals surface area (Å²) in [5.74, 6) is 0. The van der Waals surface area contributed by atoms with Crippen LogP contribution in [0.3, 0.4) is 0 Å². The molecule has 8 bridgehead atoms. The van der Waals surface area contributed by atoms with Crippen LogP contribution in [0.25, 0.3) is 68.6 Å². The molecule has 0 atom stereocenters. The zero-order valence-electron chi connectivity index (χ0n) is 23.7. The van der Waals surface area contributed by atoms with E-state index in [1.807, 2.05) is 0 Å². The smallest absolute Gasteiger partial charge is 0.0801 e. The molecule has 4 nitrogen and oxygen atoms in total. The minimum Gasteiger partial charge on any atom is -0.354 e. The number of fused-ring (bicyclic) bond motifs is 8. The van der Waals surface area contributed by atoms with Gasteiger partial charge in [0, 0.05) is 22.2 Å². The van der Waals surface area contributed by atoms with E-state index in [1.165, 1.54) is 27.8 Å². The summed E-state index contributed by atoms with van der Waals surface area (Å²) in [6.45, 7) is 8.64. The zero-order valence-corrected chi connectivity index (χ0v) is 26.9. The lowest BCUT2D eigenvalue weighted by Gasteiger charge is -2.12. The molecule has 5 heterocycles. The number of H-pyrrole nitrogens is 2. The molecule has 2 aliphatic heterocycles. The van der Waals surface area contributed by atoms with Crippen LogP contribution in [0.1, 0.15) is 45.0 Å². The van der Waals surface area contributed by atoms with Crippen molar-refractivity contribution in [1.82, 2.24) is 19.9 Å². The number of nitrogens with one attached hydrogen (secondary N) is 2. The molecule has 7 rings (SSSR count). The van der Waals surface area contributed by atoms with Crippen molar-refractivity contribution in [2.75, 3.05) is 0 Å². The predicted octanol–water partition coefficient (Wildman–Crippen LogP) is 10.7. The number of nitrogens with zero attached hydrogens (tertiary/aromatic N) is 2. The molecule has 0 saturated heterocycles. The van der Waals surface area contributed by atoms with Crippen LogP contribution in [0, 0.1) is 27.7 Å². The molecule has 0 saturated carbocycles. The highest BCUT2D eigenvalue weighted by atomic mass is 79.9. The average molecular weight is 676 g/mol. The molecule has 0 amide bonds. The Balaban J connectivity index is 1.66. The fraction of sp³-hybridized carbons (Fsp3) is 0.111. The first kappa shape index (κ1) is 26.9. The van der Waals surface area contributed by atoms with Crippen molar-refractivity contribution in [2.45, 2.75) is 27.7 Å². The highest BCUT2D eigenvalue weighted by Gasteiger charge is 2.19. The standard InChI is InChI=1S/C36H28Br2N4/c1-19-7-5-8-20(2)31(19)33-23-11-15-27(39-23)35(37)29-17-13-25(41-29)34(32-21(3)9-6-10-22(32)4)26-14-18-30(42-26)36(38)28-16-12-24(33)40-28/h5-18,39-40H,1-4H3. The number of aromatic nitrogens is 4. The first-order valence-corrected chi connectivity index (χ1v) is 15.5. The summed E-state index contributed by atoms with van der Waals surface area (Å²) in [4.78, 5) is 17.7. The van der Waals surface area contributed by atoms with E-state index in [4.69, 9.17) is 9.97 Å². The van der Waals surface area contributed by atoms with Gasteiger partial charge in [0.05, 0.1) is 42.8 Å². The van der Waals surface area contributed by atoms with Crippen LogP contribution < -0.4 is 0 Å². The highest BCUT2D eigenvalue weighted by molar-refractivity contribution is 9.11. The van der Waals surface area contributed by atoms with Crippen LogP contribution in [0.4, 0.5) is 0 Å². The van der Waals surface area contributed by atoms with Gasteiger partial charge < -0.3 is 9.97 Å². The monoisotopic (exact) mass is 674 g/mol. The maximum absolute atomic E-state index is 5.15. The van der Waals surface area contributed by atoms with Crippen molar-refractivity contribution in [3.63, 3.8) is 0 Å². The molecule has 3 aromatic heterocycles. The molecule has 2 aliphatic rings. The van der Waals surface area contributed by atoms with E-state index in [1.54, 1.807) is 0 Å². The van der Waals surface area contributed by atoms with Crippen LogP contribution in [0.2, 0.25) is 0 Å². The number of benzene rings is 2. The fourth-order valence-electron chi connectivity index (χ4n) is 6.08. The summed E-state index contributed by atoms with van der Waals surface area (Å²) in [6.07, 6.45) is 8.34. The van der Waals surface area contributed by atoms with Crippen LogP contribution >= 0.6 is 31.9 Å². The Hall–Kier alpha value is -4.00. The molecule has 0 spiro atoms. The lowest BCUT2D eigenvalue weighted by Crippen LogP contribution is -1.94. The molecular weight excluding hydrogens is 648 g/mol. The van der Waals surface area contributed by atoms with Gasteiger partial charge in [-0.25, -0.2) is 9.97 Å². The third-order valence-electron chi connectivity index (χ3n) is 8.09. The van der Waals surface area contributed by atoms with Gasteiger partial charge in [-0.1, -0.05) is 36.4 Å². The number of halogens is 2. The molecule has 0 fully saturated rings. The number of aromatic amines is 2. The Labute approximate surface area is 261 Å². The summed E-state index contributed by atoms with van der Waals surface area (Å²) in [6, 6.07) is 21.4. The number of hydrogen-bond acceptors (Lipinski definition) is 2. The summed E-state index contributed by atoms with van der Waals surface area (Å²) in [5, 5.41) is 0. The van der Waals surface area contributed by atoms with Crippen molar-refractivity contribution < 1.29 is 0 Å². The Bertz CT molecular complexity index is 2020. The van der Waals surface area contributed by atoms with Crippen molar-refractivity contribution in [1.29, 1.82) is 0 Å². The molecule has 2 aromatic carbocycles. The Morgan fingerprint density at radius 2 is 0.786 bits per heavy atom. The average Bonchev–Trinajstić information content (AvgIpc) is 3.79. The fourth-order valence-corrected chi connectivity index (χ4v) is 6.98. The lowest BCUT2D eigenvalue weighted by molar-refractivity contribution is 1.25. The molecule has 5 aromatic rings. The molecule has 206 valence electrons. The predicted molar refractivity (Wildman–Crippen MR) is 184 cm³/mol. The quantitative estimate of drug-likeness (QED) is 0.192. The molecule has 6 heteroatoms. The molecule has 42 heavy (non-hydrogen) atoms. The number of aryl methyl sites for hydroxylation is 4. The largest absolute Gasteiger partial charge is 0.354 e. The maximum atomic E-state index is 5.15. The maximum Gasteiger partial charge on any atom is 0.0801 e. The first-order chi connectivity index (χ1) is 20.3. The van der Waals surface area contributed by atoms with Crippen LogP contribution in [-0.2, 0) is 0 Å². The van der Waals surface area contributed by atoms with Gasteiger partial charge in [0.1, 0.15) is 0 Å². The summed E-state index contributed by atoms with van der Waals surface area (Å²) < 4.78 is 1.82. The van der Waals surface area contributed by atoms with Gasteiger partial charge in [0.2, 0.25) is 0 Å². The lowest BCUT2D eigenvalue weighted by atomic mass is 9.93. The van der Waals surface area contributed by atoms with Crippen molar-refractivity contribution in [3.05, 3.63) is 115 Å². The number of rotatable bonds is 2. The van der Waals surface area contributed by atoms with E-state index in [2.05, 4.69) is 154 Å². The van der Waals surface area contributed by atoms with Gasteiger partial charge in [-0.05, 0) is 142 Å². The molecule has 0 unspecified atom stereocenters. The second-order valence-electron chi connectivity index (χ2n) is 10.9. The first-order valence-electron chi connectivity index (χ1n) is 13.9. The van der Waals surface area contributed by atoms with Crippen molar-refractivity contribution in [2.24, 2.45) is 0 Å². The van der Waals surface area contributed by atoms with Gasteiger partial charge in [-0.2, -0.15) is 0 Å². The summed E-state index contributed by atoms with van der Waals surface area (Å²) >= 11 is 7.77. The van der Waals surface area contributed by atoms with Crippen LogP contribution in [-0.4, -0.2) is 19.9 Å². The van der Waals surface area contributed by atoms with Crippen LogP contribution in [0.15, 0.2) is 69.6 Å². The van der Waals surface area contributed by atoms with E-state index < -0.39 is 0 Å². The Kier molecular flexibility index (Phi) is 6.63. The number of hydrogen-bond donors (Lipinski definition) is 2. The highest BCUT2D eigenvalue weighted by Crippen LogP contribution is 2.39. The minimum atomic E-state index is 0.865.